The lowest BCUT2D eigenvalue weighted by Gasteiger charge is -2.22. The highest BCUT2D eigenvalue weighted by Gasteiger charge is 2.32. The van der Waals surface area contributed by atoms with Crippen LogP contribution in [0.2, 0.25) is 0 Å². The van der Waals surface area contributed by atoms with E-state index in [1.54, 1.807) is 0 Å². The summed E-state index contributed by atoms with van der Waals surface area (Å²) in [6, 6.07) is 2.21. The Morgan fingerprint density at radius 1 is 1.35 bits per heavy atom. The number of amides is 1. The van der Waals surface area contributed by atoms with Crippen LogP contribution in [0.5, 0.6) is 0 Å². The molecule has 23 heavy (non-hydrogen) atoms. The zero-order valence-corrected chi connectivity index (χ0v) is 13.2. The van der Waals surface area contributed by atoms with Crippen molar-refractivity contribution in [3.63, 3.8) is 0 Å². The van der Waals surface area contributed by atoms with Gasteiger partial charge in [0.15, 0.2) is 9.84 Å². The molecule has 1 aromatic carbocycles. The highest BCUT2D eigenvalue weighted by Crippen LogP contribution is 2.34. The molecule has 128 valence electrons. The van der Waals surface area contributed by atoms with E-state index in [0.717, 1.165) is 25.3 Å². The quantitative estimate of drug-likeness (QED) is 0.875. The van der Waals surface area contributed by atoms with Gasteiger partial charge in [-0.15, -0.1) is 0 Å². The molecular weight excluding hydrogens is 333 g/mol. The van der Waals surface area contributed by atoms with Crippen LogP contribution >= 0.6 is 0 Å². The lowest BCUT2D eigenvalue weighted by Crippen LogP contribution is -2.37. The Morgan fingerprint density at radius 3 is 2.57 bits per heavy atom. The van der Waals surface area contributed by atoms with Crippen LogP contribution < -0.4 is 10.6 Å². The Labute approximate surface area is 132 Å². The summed E-state index contributed by atoms with van der Waals surface area (Å²) in [7, 11) is -3.77. The molecule has 1 aliphatic rings. The van der Waals surface area contributed by atoms with E-state index >= 15 is 0 Å². The molecule has 1 aliphatic heterocycles. The average Bonchev–Trinajstić information content (AvgIpc) is 2.46. The van der Waals surface area contributed by atoms with Crippen molar-refractivity contribution in [2.24, 2.45) is 5.92 Å². The van der Waals surface area contributed by atoms with Gasteiger partial charge in [0.2, 0.25) is 5.91 Å². The first-order chi connectivity index (χ1) is 10.6. The first-order valence-electron chi connectivity index (χ1n) is 7.02. The molecule has 0 aromatic heterocycles. The molecule has 1 heterocycles. The van der Waals surface area contributed by atoms with Gasteiger partial charge in [-0.3, -0.25) is 4.79 Å². The van der Waals surface area contributed by atoms with Crippen LogP contribution in [0.15, 0.2) is 23.1 Å². The van der Waals surface area contributed by atoms with Crippen molar-refractivity contribution >= 4 is 21.4 Å². The molecule has 5 nitrogen and oxygen atoms in total. The lowest BCUT2D eigenvalue weighted by atomic mass is 9.98. The summed E-state index contributed by atoms with van der Waals surface area (Å²) in [5.74, 6) is -0.882. The second kappa shape index (κ2) is 6.48. The number of nitrogens with one attached hydrogen (secondary N) is 2. The van der Waals surface area contributed by atoms with Gasteiger partial charge in [-0.05, 0) is 37.6 Å². The summed E-state index contributed by atoms with van der Waals surface area (Å²) < 4.78 is 61.9. The van der Waals surface area contributed by atoms with Crippen molar-refractivity contribution in [3.05, 3.63) is 23.8 Å². The van der Waals surface area contributed by atoms with Crippen LogP contribution in [0.4, 0.5) is 18.9 Å². The molecular formula is C14H17F3N2O3S. The summed E-state index contributed by atoms with van der Waals surface area (Å²) in [5, 5.41) is 5.36. The van der Waals surface area contributed by atoms with Gasteiger partial charge in [-0.2, -0.15) is 13.2 Å². The normalized spacial score (nSPS) is 19.4. The maximum absolute atomic E-state index is 12.8. The Morgan fingerprint density at radius 2 is 2.04 bits per heavy atom. The Hall–Kier alpha value is -1.61. The molecule has 1 saturated heterocycles. The van der Waals surface area contributed by atoms with Gasteiger partial charge < -0.3 is 10.6 Å². The second-order valence-electron chi connectivity index (χ2n) is 5.51. The minimum atomic E-state index is -4.62. The number of hydrogen-bond donors (Lipinski definition) is 2. The van der Waals surface area contributed by atoms with Crippen molar-refractivity contribution in [2.75, 3.05) is 24.7 Å². The van der Waals surface area contributed by atoms with Crippen LogP contribution in [0.1, 0.15) is 18.4 Å². The van der Waals surface area contributed by atoms with E-state index in [4.69, 9.17) is 0 Å². The first-order valence-corrected chi connectivity index (χ1v) is 8.91. The number of carbonyl (C=O) groups is 1. The summed E-state index contributed by atoms with van der Waals surface area (Å²) >= 11 is 0. The smallest absolute Gasteiger partial charge is 0.325 e. The summed E-state index contributed by atoms with van der Waals surface area (Å²) in [5.41, 5.74) is -1.35. The molecule has 1 aromatic rings. The third-order valence-electron chi connectivity index (χ3n) is 3.63. The Bertz CT molecular complexity index is 696. The van der Waals surface area contributed by atoms with Gasteiger partial charge >= 0.3 is 6.18 Å². The lowest BCUT2D eigenvalue weighted by molar-refractivity contribution is -0.137. The van der Waals surface area contributed by atoms with Crippen LogP contribution in [-0.4, -0.2) is 33.7 Å². The number of rotatable bonds is 3. The summed E-state index contributed by atoms with van der Waals surface area (Å²) in [4.78, 5) is 11.8. The fraction of sp³-hybridized carbons (Fsp3) is 0.500. The molecule has 0 spiro atoms. The third-order valence-corrected chi connectivity index (χ3v) is 4.79. The molecule has 0 saturated carbocycles. The predicted octanol–water partition coefficient (Wildman–Crippen LogP) is 2.05. The van der Waals surface area contributed by atoms with E-state index < -0.39 is 33.4 Å². The van der Waals surface area contributed by atoms with Crippen LogP contribution in [-0.2, 0) is 20.8 Å². The van der Waals surface area contributed by atoms with E-state index in [-0.39, 0.29) is 10.6 Å². The molecule has 2 rings (SSSR count). The largest absolute Gasteiger partial charge is 0.416 e. The number of anilines is 1. The number of sulfone groups is 1. The zero-order valence-electron chi connectivity index (χ0n) is 12.4. The third kappa shape index (κ3) is 4.44. The van der Waals surface area contributed by atoms with E-state index in [1.807, 2.05) is 0 Å². The fourth-order valence-electron chi connectivity index (χ4n) is 2.44. The maximum Gasteiger partial charge on any atom is 0.416 e. The minimum absolute atomic E-state index is 0.331. The average molecular weight is 350 g/mol. The number of alkyl halides is 3. The van der Waals surface area contributed by atoms with Crippen molar-refractivity contribution in [3.8, 4) is 0 Å². The number of benzene rings is 1. The van der Waals surface area contributed by atoms with E-state index in [9.17, 15) is 26.4 Å². The molecule has 2 N–H and O–H groups in total. The van der Waals surface area contributed by atoms with Crippen LogP contribution in [0.3, 0.4) is 0 Å². The van der Waals surface area contributed by atoms with Crippen molar-refractivity contribution in [1.29, 1.82) is 0 Å². The predicted molar refractivity (Wildman–Crippen MR) is 78.8 cm³/mol. The highest BCUT2D eigenvalue weighted by molar-refractivity contribution is 7.90. The van der Waals surface area contributed by atoms with Gasteiger partial charge in [0.25, 0.3) is 0 Å². The first kappa shape index (κ1) is 17.7. The number of carbonyl (C=O) groups excluding carboxylic acids is 1. The number of halogens is 3. The second-order valence-corrected chi connectivity index (χ2v) is 7.50. The monoisotopic (exact) mass is 350 g/mol. The molecule has 0 bridgehead atoms. The van der Waals surface area contributed by atoms with Crippen LogP contribution in [0, 0.1) is 5.92 Å². The zero-order chi connectivity index (χ0) is 17.3. The maximum atomic E-state index is 12.8. The Kier molecular flexibility index (Phi) is 5.00. The molecule has 1 amide bonds. The minimum Gasteiger partial charge on any atom is -0.325 e. The molecule has 1 fully saturated rings. The van der Waals surface area contributed by atoms with Gasteiger partial charge in [-0.1, -0.05) is 0 Å². The number of hydrogen-bond acceptors (Lipinski definition) is 4. The molecule has 9 heteroatoms. The van der Waals surface area contributed by atoms with Crippen LogP contribution in [0.25, 0.3) is 0 Å². The molecule has 1 unspecified atom stereocenters. The van der Waals surface area contributed by atoms with Crippen molar-refractivity contribution in [2.45, 2.75) is 23.9 Å². The summed E-state index contributed by atoms with van der Waals surface area (Å²) in [6.07, 6.45) is -2.36. The molecule has 0 aliphatic carbocycles. The topological polar surface area (TPSA) is 75.3 Å². The molecule has 0 radical (unpaired) electrons. The van der Waals surface area contributed by atoms with Gasteiger partial charge in [0, 0.05) is 12.8 Å². The van der Waals surface area contributed by atoms with E-state index in [0.29, 0.717) is 25.1 Å². The van der Waals surface area contributed by atoms with E-state index in [2.05, 4.69) is 10.6 Å². The Balaban J connectivity index is 2.35. The number of piperidine rings is 1. The SMILES string of the molecule is CS(=O)(=O)c1ccc(C(F)(F)F)cc1NC(=O)C1CCCNC1. The van der Waals surface area contributed by atoms with Gasteiger partial charge in [-0.25, -0.2) is 8.42 Å². The van der Waals surface area contributed by atoms with Gasteiger partial charge in [0.1, 0.15) is 0 Å². The van der Waals surface area contributed by atoms with Crippen molar-refractivity contribution < 1.29 is 26.4 Å². The fourth-order valence-corrected chi connectivity index (χ4v) is 3.26. The van der Waals surface area contributed by atoms with Gasteiger partial charge in [0.05, 0.1) is 22.1 Å². The summed E-state index contributed by atoms with van der Waals surface area (Å²) in [6.45, 7) is 1.20. The standard InChI is InChI=1S/C14H17F3N2O3S/c1-23(21,22)12-5-4-10(14(15,16)17)7-11(12)19-13(20)9-3-2-6-18-8-9/h4-5,7,9,18H,2-3,6,8H2,1H3,(H,19,20). The molecule has 1 atom stereocenters. The highest BCUT2D eigenvalue weighted by atomic mass is 32.2. The van der Waals surface area contributed by atoms with E-state index in [1.165, 1.54) is 0 Å². The van der Waals surface area contributed by atoms with Crippen molar-refractivity contribution in [1.82, 2.24) is 5.32 Å².